The number of carbonyl (C=O) groups is 1. The van der Waals surface area contributed by atoms with Gasteiger partial charge in [-0.05, 0) is 101 Å². The minimum Gasteiger partial charge on any atom is -0.459 e. The second kappa shape index (κ2) is 22.2. The Balaban J connectivity index is 2.20. The van der Waals surface area contributed by atoms with Gasteiger partial charge in [-0.3, -0.25) is 4.79 Å². The summed E-state index contributed by atoms with van der Waals surface area (Å²) >= 11 is 0. The van der Waals surface area contributed by atoms with Crippen LogP contribution in [0.2, 0.25) is 0 Å². The van der Waals surface area contributed by atoms with Gasteiger partial charge in [0.25, 0.3) is 0 Å². The number of cyclic esters (lactones) is 1. The molecule has 0 aromatic carbocycles. The van der Waals surface area contributed by atoms with E-state index in [9.17, 15) is 30.3 Å². The van der Waals surface area contributed by atoms with Crippen LogP contribution < -0.4 is 5.73 Å². The van der Waals surface area contributed by atoms with E-state index in [0.717, 1.165) is 25.7 Å². The summed E-state index contributed by atoms with van der Waals surface area (Å²) in [7, 11) is 5.25. The Kier molecular flexibility index (Phi) is 19.5. The Labute approximate surface area is 353 Å². The second-order valence-corrected chi connectivity index (χ2v) is 18.6. The molecule has 0 bridgehead atoms. The number of oxime groups is 1. The lowest BCUT2D eigenvalue weighted by atomic mass is 9.73. The van der Waals surface area contributed by atoms with Crippen LogP contribution in [0.1, 0.15) is 121 Å². The highest BCUT2D eigenvalue weighted by molar-refractivity contribution is 5.88. The molecule has 0 amide bonds. The summed E-state index contributed by atoms with van der Waals surface area (Å²) in [5.41, 5.74) is 1.33. The maximum atomic E-state index is 14.4. The molecular weight excluding hydrogens is 766 g/mol. The molecule has 3 fully saturated rings. The lowest BCUT2D eigenvalue weighted by Gasteiger charge is -2.49. The van der Waals surface area contributed by atoms with Crippen molar-refractivity contribution in [3.8, 4) is 0 Å². The lowest BCUT2D eigenvalue weighted by molar-refractivity contribution is -0.317. The van der Waals surface area contributed by atoms with E-state index in [-0.39, 0.29) is 31.4 Å². The molecule has 16 nitrogen and oxygen atoms in total. The van der Waals surface area contributed by atoms with E-state index >= 15 is 0 Å². The van der Waals surface area contributed by atoms with Gasteiger partial charge in [0, 0.05) is 37.3 Å². The molecule has 7 N–H and O–H groups in total. The molecule has 16 heteroatoms. The van der Waals surface area contributed by atoms with Gasteiger partial charge in [-0.25, -0.2) is 0 Å². The summed E-state index contributed by atoms with van der Waals surface area (Å²) in [4.78, 5) is 22.1. The fraction of sp³-hybridized carbons (Fsp3) is 0.953. The average Bonchev–Trinajstić information content (AvgIpc) is 3.17. The van der Waals surface area contributed by atoms with Crippen molar-refractivity contribution < 1.29 is 63.6 Å². The summed E-state index contributed by atoms with van der Waals surface area (Å²) in [6.45, 7) is 18.1. The fourth-order valence-electron chi connectivity index (χ4n) is 9.38. The number of rotatable bonds is 14. The van der Waals surface area contributed by atoms with Crippen LogP contribution in [0.3, 0.4) is 0 Å². The number of aliphatic hydroxyl groups is 5. The van der Waals surface area contributed by atoms with Gasteiger partial charge < -0.3 is 69.4 Å². The van der Waals surface area contributed by atoms with Crippen LogP contribution in [0.5, 0.6) is 0 Å². The molecule has 0 aliphatic carbocycles. The van der Waals surface area contributed by atoms with Crippen molar-refractivity contribution in [2.75, 3.05) is 34.4 Å². The van der Waals surface area contributed by atoms with Crippen LogP contribution in [-0.4, -0.2) is 161 Å². The number of nitrogens with two attached hydrogens (primary N) is 1. The molecule has 346 valence electrons. The number of hydrogen-bond donors (Lipinski definition) is 6. The third-order valence-corrected chi connectivity index (χ3v) is 13.2. The SMILES string of the molecule is CC[C@H]1OC(=O)[C@H](C)[C@@H](O[C@H]2C[C@@](C)(OC)[C@@H](O)[C@H](C)O2)[C@H](C)[C@@H](O[C@@H]2O[C@H](C)C[C@H](N(C)C)[C@H]2O)[C@](C)(O)C[C@@H](C)/C(=N\OCCCCCCN)[C@H](C)[C@@H](O)[C@]1(C)O. The zero-order valence-corrected chi connectivity index (χ0v) is 38.2. The van der Waals surface area contributed by atoms with Gasteiger partial charge in [-0.15, -0.1) is 0 Å². The van der Waals surface area contributed by atoms with E-state index in [0.29, 0.717) is 25.3 Å². The van der Waals surface area contributed by atoms with Crippen molar-refractivity contribution in [2.45, 2.75) is 205 Å². The molecule has 3 rings (SSSR count). The highest BCUT2D eigenvalue weighted by Crippen LogP contribution is 2.41. The Hall–Kier alpha value is -1.54. The largest absolute Gasteiger partial charge is 0.459 e. The van der Waals surface area contributed by atoms with Gasteiger partial charge in [0.05, 0.1) is 53.4 Å². The predicted octanol–water partition coefficient (Wildman–Crippen LogP) is 3.11. The minimum atomic E-state index is -1.93. The standard InChI is InChI=1S/C43H81N3O13/c1-14-31-43(10,52)36(48)26(4)33(45-54-20-18-16-15-17-19-44)24(2)22-41(8,51)38(59-40-34(47)30(46(11)12)21-25(3)55-40)27(5)35(28(6)39(50)57-31)58-32-23-42(9,53-13)37(49)29(7)56-32/h24-32,34-38,40,47-49,51-52H,14-23,44H2,1-13H3/b45-33+/t24-,25-,26+,27+,28-,29+,30+,31-,32+,34-,35+,36-,37+,38-,40+,41-,42-,43-/m1/s1. The van der Waals surface area contributed by atoms with E-state index < -0.39 is 102 Å². The molecule has 0 radical (unpaired) electrons. The molecule has 3 heterocycles. The van der Waals surface area contributed by atoms with E-state index in [1.54, 1.807) is 48.5 Å². The maximum Gasteiger partial charge on any atom is 0.311 e. The fourth-order valence-corrected chi connectivity index (χ4v) is 9.38. The van der Waals surface area contributed by atoms with Crippen LogP contribution >= 0.6 is 0 Å². The van der Waals surface area contributed by atoms with Gasteiger partial charge in [0.1, 0.15) is 30.5 Å². The number of nitrogens with zero attached hydrogens (tertiary/aromatic N) is 2. The van der Waals surface area contributed by atoms with Crippen molar-refractivity contribution in [3.05, 3.63) is 0 Å². The molecule has 0 aromatic rings. The van der Waals surface area contributed by atoms with Crippen LogP contribution in [-0.2, 0) is 38.1 Å². The maximum absolute atomic E-state index is 14.4. The van der Waals surface area contributed by atoms with E-state index in [1.807, 2.05) is 32.8 Å². The molecule has 0 unspecified atom stereocenters. The summed E-state index contributed by atoms with van der Waals surface area (Å²) in [6.07, 6.45) is -5.69. The number of carbonyl (C=O) groups excluding carboxylic acids is 1. The van der Waals surface area contributed by atoms with Gasteiger partial charge in [0.15, 0.2) is 12.6 Å². The van der Waals surface area contributed by atoms with E-state index in [1.165, 1.54) is 14.0 Å². The number of unbranched alkanes of at least 4 members (excludes halogenated alkanes) is 3. The Morgan fingerprint density at radius 2 is 1.54 bits per heavy atom. The highest BCUT2D eigenvalue weighted by Gasteiger charge is 2.53. The summed E-state index contributed by atoms with van der Waals surface area (Å²) < 4.78 is 37.8. The zero-order valence-electron chi connectivity index (χ0n) is 38.2. The van der Waals surface area contributed by atoms with E-state index in [2.05, 4.69) is 5.16 Å². The Morgan fingerprint density at radius 1 is 0.898 bits per heavy atom. The van der Waals surface area contributed by atoms with Gasteiger partial charge in [-0.1, -0.05) is 39.3 Å². The number of methoxy groups -OCH3 is 1. The van der Waals surface area contributed by atoms with Crippen molar-refractivity contribution in [3.63, 3.8) is 0 Å². The Morgan fingerprint density at radius 3 is 2.14 bits per heavy atom. The first-order chi connectivity index (χ1) is 27.5. The monoisotopic (exact) mass is 848 g/mol. The molecule has 59 heavy (non-hydrogen) atoms. The quantitative estimate of drug-likeness (QED) is 0.0840. The number of esters is 1. The number of hydrogen-bond acceptors (Lipinski definition) is 16. The van der Waals surface area contributed by atoms with Gasteiger partial charge in [0.2, 0.25) is 0 Å². The molecule has 0 saturated carbocycles. The lowest BCUT2D eigenvalue weighted by Crippen LogP contribution is -2.61. The first kappa shape index (κ1) is 51.8. The van der Waals surface area contributed by atoms with Crippen molar-refractivity contribution in [1.82, 2.24) is 4.90 Å². The van der Waals surface area contributed by atoms with Crippen molar-refractivity contribution >= 4 is 11.7 Å². The summed E-state index contributed by atoms with van der Waals surface area (Å²) in [5.74, 6) is -3.96. The number of aliphatic hydroxyl groups excluding tert-OH is 3. The topological polar surface area (TPSA) is 224 Å². The first-order valence-corrected chi connectivity index (χ1v) is 21.9. The highest BCUT2D eigenvalue weighted by atomic mass is 16.7. The third kappa shape index (κ3) is 12.8. The second-order valence-electron chi connectivity index (χ2n) is 18.6. The number of ether oxygens (including phenoxy) is 6. The molecule has 0 spiro atoms. The van der Waals surface area contributed by atoms with Crippen molar-refractivity contribution in [1.29, 1.82) is 0 Å². The molecule has 0 aromatic heterocycles. The molecule has 3 aliphatic heterocycles. The molecule has 3 aliphatic rings. The van der Waals surface area contributed by atoms with E-state index in [4.69, 9.17) is 39.0 Å². The predicted molar refractivity (Wildman–Crippen MR) is 222 cm³/mol. The molecular formula is C43H81N3O13. The summed E-state index contributed by atoms with van der Waals surface area (Å²) in [5, 5.41) is 63.9. The molecule has 18 atom stereocenters. The van der Waals surface area contributed by atoms with Gasteiger partial charge >= 0.3 is 5.97 Å². The van der Waals surface area contributed by atoms with Crippen LogP contribution in [0.4, 0.5) is 0 Å². The number of likely N-dealkylation sites (N-methyl/N-ethyl adjacent to an activating group) is 1. The molecule has 3 saturated heterocycles. The smallest absolute Gasteiger partial charge is 0.311 e. The van der Waals surface area contributed by atoms with Crippen molar-refractivity contribution in [2.24, 2.45) is 34.6 Å². The average molecular weight is 848 g/mol. The first-order valence-electron chi connectivity index (χ1n) is 21.9. The van der Waals surface area contributed by atoms with Crippen LogP contribution in [0.15, 0.2) is 5.16 Å². The van der Waals surface area contributed by atoms with Crippen LogP contribution in [0, 0.1) is 23.7 Å². The normalized spacial score (nSPS) is 45.3. The minimum absolute atomic E-state index is 0.0169. The summed E-state index contributed by atoms with van der Waals surface area (Å²) in [6, 6.07) is -0.315. The van der Waals surface area contributed by atoms with Gasteiger partial charge in [-0.2, -0.15) is 0 Å². The Bertz CT molecular complexity index is 1320. The zero-order chi connectivity index (χ0) is 44.6. The third-order valence-electron chi connectivity index (χ3n) is 13.2. The van der Waals surface area contributed by atoms with Crippen LogP contribution in [0.25, 0.3) is 0 Å².